The Kier molecular flexibility index (Phi) is 6.38. The number of anilines is 1. The standard InChI is InChI=1S/C18H15ClN2O4/c1-2-24-15-7-4-12(5-8-15)18(23)25-11-17(22)21-16-9-14(19)6-3-13(16)10-20/h3-9H,2,11H2,1H3,(H,21,22). The molecule has 0 saturated carbocycles. The van der Waals surface area contributed by atoms with Crippen molar-refractivity contribution in [3.63, 3.8) is 0 Å². The highest BCUT2D eigenvalue weighted by Gasteiger charge is 2.12. The van der Waals surface area contributed by atoms with Gasteiger partial charge in [-0.1, -0.05) is 11.6 Å². The number of carbonyl (C=O) groups excluding carboxylic acids is 2. The van der Waals surface area contributed by atoms with Crippen molar-refractivity contribution in [2.24, 2.45) is 0 Å². The van der Waals surface area contributed by atoms with Gasteiger partial charge < -0.3 is 14.8 Å². The first-order valence-electron chi connectivity index (χ1n) is 7.43. The third-order valence-corrected chi connectivity index (χ3v) is 3.35. The van der Waals surface area contributed by atoms with Gasteiger partial charge in [0.2, 0.25) is 0 Å². The Morgan fingerprint density at radius 1 is 1.20 bits per heavy atom. The van der Waals surface area contributed by atoms with Crippen LogP contribution in [0.5, 0.6) is 5.75 Å². The summed E-state index contributed by atoms with van der Waals surface area (Å²) in [7, 11) is 0. The smallest absolute Gasteiger partial charge is 0.338 e. The molecule has 0 bridgehead atoms. The lowest BCUT2D eigenvalue weighted by atomic mass is 10.2. The van der Waals surface area contributed by atoms with E-state index in [0.29, 0.717) is 22.9 Å². The average molecular weight is 359 g/mol. The number of benzene rings is 2. The number of hydrogen-bond acceptors (Lipinski definition) is 5. The summed E-state index contributed by atoms with van der Waals surface area (Å²) in [6.45, 7) is 1.90. The highest BCUT2D eigenvalue weighted by Crippen LogP contribution is 2.20. The summed E-state index contributed by atoms with van der Waals surface area (Å²) in [5.41, 5.74) is 0.824. The van der Waals surface area contributed by atoms with Gasteiger partial charge in [-0.05, 0) is 49.4 Å². The van der Waals surface area contributed by atoms with Crippen LogP contribution in [0.15, 0.2) is 42.5 Å². The lowest BCUT2D eigenvalue weighted by Gasteiger charge is -2.09. The van der Waals surface area contributed by atoms with E-state index in [1.165, 1.54) is 12.1 Å². The van der Waals surface area contributed by atoms with Crippen LogP contribution < -0.4 is 10.1 Å². The molecule has 0 spiro atoms. The van der Waals surface area contributed by atoms with E-state index in [4.69, 9.17) is 26.3 Å². The van der Waals surface area contributed by atoms with Crippen LogP contribution in [-0.2, 0) is 9.53 Å². The predicted octanol–water partition coefficient (Wildman–Crippen LogP) is 3.41. The molecule has 0 atom stereocenters. The zero-order chi connectivity index (χ0) is 18.2. The van der Waals surface area contributed by atoms with Crippen LogP contribution in [0.4, 0.5) is 5.69 Å². The zero-order valence-corrected chi connectivity index (χ0v) is 14.2. The third kappa shape index (κ3) is 5.23. The molecule has 2 rings (SSSR count). The van der Waals surface area contributed by atoms with E-state index in [9.17, 15) is 9.59 Å². The van der Waals surface area contributed by atoms with E-state index in [1.54, 1.807) is 30.3 Å². The first kappa shape index (κ1) is 18.3. The average Bonchev–Trinajstić information content (AvgIpc) is 2.61. The topological polar surface area (TPSA) is 88.4 Å². The summed E-state index contributed by atoms with van der Waals surface area (Å²) >= 11 is 5.84. The third-order valence-electron chi connectivity index (χ3n) is 3.11. The van der Waals surface area contributed by atoms with Crippen molar-refractivity contribution in [2.45, 2.75) is 6.92 Å². The predicted molar refractivity (Wildman–Crippen MR) is 92.7 cm³/mol. The number of rotatable bonds is 6. The molecule has 25 heavy (non-hydrogen) atoms. The maximum Gasteiger partial charge on any atom is 0.338 e. The molecule has 0 unspecified atom stereocenters. The first-order chi connectivity index (χ1) is 12.0. The van der Waals surface area contributed by atoms with E-state index >= 15 is 0 Å². The van der Waals surface area contributed by atoms with E-state index in [1.807, 2.05) is 13.0 Å². The number of esters is 1. The second-order valence-electron chi connectivity index (χ2n) is 4.88. The van der Waals surface area contributed by atoms with Gasteiger partial charge in [0.1, 0.15) is 11.8 Å². The molecule has 2 aromatic rings. The van der Waals surface area contributed by atoms with Crippen LogP contribution in [-0.4, -0.2) is 25.1 Å². The van der Waals surface area contributed by atoms with Gasteiger partial charge in [0.15, 0.2) is 6.61 Å². The number of nitrogens with zero attached hydrogens (tertiary/aromatic N) is 1. The SMILES string of the molecule is CCOc1ccc(C(=O)OCC(=O)Nc2cc(Cl)ccc2C#N)cc1. The van der Waals surface area contributed by atoms with Gasteiger partial charge in [0.05, 0.1) is 23.4 Å². The summed E-state index contributed by atoms with van der Waals surface area (Å²) in [5.74, 6) is -0.565. The Labute approximate surface area is 149 Å². The lowest BCUT2D eigenvalue weighted by Crippen LogP contribution is -2.21. The summed E-state index contributed by atoms with van der Waals surface area (Å²) in [4.78, 5) is 23.8. The van der Waals surface area contributed by atoms with E-state index < -0.39 is 18.5 Å². The van der Waals surface area contributed by atoms with E-state index in [0.717, 1.165) is 0 Å². The van der Waals surface area contributed by atoms with E-state index in [-0.39, 0.29) is 11.3 Å². The fourth-order valence-corrected chi connectivity index (χ4v) is 2.14. The number of nitriles is 1. The molecule has 128 valence electrons. The van der Waals surface area contributed by atoms with Crippen molar-refractivity contribution < 1.29 is 19.1 Å². The Morgan fingerprint density at radius 2 is 1.92 bits per heavy atom. The molecule has 6 nitrogen and oxygen atoms in total. The molecule has 0 heterocycles. The molecule has 1 amide bonds. The van der Waals surface area contributed by atoms with Gasteiger partial charge in [-0.3, -0.25) is 4.79 Å². The Morgan fingerprint density at radius 3 is 2.56 bits per heavy atom. The minimum atomic E-state index is -0.634. The molecule has 0 aliphatic heterocycles. The van der Waals surface area contributed by atoms with Gasteiger partial charge in [0.25, 0.3) is 5.91 Å². The van der Waals surface area contributed by atoms with Crippen LogP contribution in [0.25, 0.3) is 0 Å². The van der Waals surface area contributed by atoms with Crippen LogP contribution in [0.3, 0.4) is 0 Å². The Balaban J connectivity index is 1.92. The van der Waals surface area contributed by atoms with Crippen molar-refractivity contribution in [3.8, 4) is 11.8 Å². The van der Waals surface area contributed by atoms with Gasteiger partial charge in [-0.25, -0.2) is 4.79 Å². The molecular formula is C18H15ClN2O4. The van der Waals surface area contributed by atoms with Gasteiger partial charge >= 0.3 is 5.97 Å². The molecule has 2 aromatic carbocycles. The lowest BCUT2D eigenvalue weighted by molar-refractivity contribution is -0.119. The normalized spacial score (nSPS) is 9.80. The van der Waals surface area contributed by atoms with Crippen molar-refractivity contribution in [1.82, 2.24) is 0 Å². The summed E-state index contributed by atoms with van der Waals surface area (Å²) < 4.78 is 10.2. The van der Waals surface area contributed by atoms with Gasteiger partial charge in [-0.2, -0.15) is 5.26 Å². The second-order valence-corrected chi connectivity index (χ2v) is 5.32. The molecule has 7 heteroatoms. The maximum absolute atomic E-state index is 11.9. The van der Waals surface area contributed by atoms with Crippen molar-refractivity contribution in [3.05, 3.63) is 58.6 Å². The number of carbonyl (C=O) groups is 2. The summed E-state index contributed by atoms with van der Waals surface area (Å²) in [6.07, 6.45) is 0. The molecular weight excluding hydrogens is 344 g/mol. The molecule has 0 aliphatic rings. The van der Waals surface area contributed by atoms with Crippen LogP contribution in [0.1, 0.15) is 22.8 Å². The number of ether oxygens (including phenoxy) is 2. The largest absolute Gasteiger partial charge is 0.494 e. The Bertz CT molecular complexity index is 813. The number of halogens is 1. The maximum atomic E-state index is 11.9. The van der Waals surface area contributed by atoms with Crippen molar-refractivity contribution in [2.75, 3.05) is 18.5 Å². The monoisotopic (exact) mass is 358 g/mol. The van der Waals surface area contributed by atoms with Crippen LogP contribution >= 0.6 is 11.6 Å². The molecule has 0 aromatic heterocycles. The number of nitrogens with one attached hydrogen (secondary N) is 1. The van der Waals surface area contributed by atoms with Gasteiger partial charge in [-0.15, -0.1) is 0 Å². The minimum Gasteiger partial charge on any atom is -0.494 e. The molecule has 0 saturated heterocycles. The van der Waals surface area contributed by atoms with E-state index in [2.05, 4.69) is 5.32 Å². The van der Waals surface area contributed by atoms with Crippen LogP contribution in [0.2, 0.25) is 5.02 Å². The zero-order valence-electron chi connectivity index (χ0n) is 13.4. The van der Waals surface area contributed by atoms with Crippen molar-refractivity contribution >= 4 is 29.2 Å². The van der Waals surface area contributed by atoms with Crippen LogP contribution in [0, 0.1) is 11.3 Å². The highest BCUT2D eigenvalue weighted by molar-refractivity contribution is 6.31. The first-order valence-corrected chi connectivity index (χ1v) is 7.80. The number of hydrogen-bond donors (Lipinski definition) is 1. The molecule has 1 N–H and O–H groups in total. The fraction of sp³-hybridized carbons (Fsp3) is 0.167. The Hall–Kier alpha value is -3.04. The summed E-state index contributed by atoms with van der Waals surface area (Å²) in [6, 6.07) is 12.8. The minimum absolute atomic E-state index is 0.260. The summed E-state index contributed by atoms with van der Waals surface area (Å²) in [5, 5.41) is 11.9. The quantitative estimate of drug-likeness (QED) is 0.799. The molecule has 0 fully saturated rings. The van der Waals surface area contributed by atoms with Crippen molar-refractivity contribution in [1.29, 1.82) is 5.26 Å². The fourth-order valence-electron chi connectivity index (χ4n) is 1.97. The number of amides is 1. The second kappa shape index (κ2) is 8.71. The molecule has 0 aliphatic carbocycles. The molecule has 0 radical (unpaired) electrons. The highest BCUT2D eigenvalue weighted by atomic mass is 35.5. The van der Waals surface area contributed by atoms with Gasteiger partial charge in [0, 0.05) is 5.02 Å².